The second kappa shape index (κ2) is 6.96. The predicted molar refractivity (Wildman–Crippen MR) is 95.6 cm³/mol. The number of amides is 1. The van der Waals surface area contributed by atoms with E-state index >= 15 is 0 Å². The van der Waals surface area contributed by atoms with Gasteiger partial charge < -0.3 is 19.7 Å². The lowest BCUT2D eigenvalue weighted by molar-refractivity contribution is -0.133. The number of piperidine rings is 1. The highest BCUT2D eigenvalue weighted by molar-refractivity contribution is 5.73. The number of rotatable bonds is 2. The van der Waals surface area contributed by atoms with Gasteiger partial charge in [0.2, 0.25) is 5.91 Å². The minimum absolute atomic E-state index is 0.150. The Bertz CT molecular complexity index is 619. The minimum atomic E-state index is -0.150. The van der Waals surface area contributed by atoms with E-state index in [1.54, 1.807) is 6.92 Å². The molecule has 136 valence electrons. The van der Waals surface area contributed by atoms with Crippen molar-refractivity contribution < 1.29 is 14.3 Å². The molecule has 2 saturated heterocycles. The molecule has 5 nitrogen and oxygen atoms in total. The van der Waals surface area contributed by atoms with Gasteiger partial charge in [0.1, 0.15) is 11.4 Å². The molecule has 3 aliphatic heterocycles. The van der Waals surface area contributed by atoms with Crippen molar-refractivity contribution in [3.05, 3.63) is 29.8 Å². The van der Waals surface area contributed by atoms with Gasteiger partial charge in [-0.1, -0.05) is 18.2 Å². The van der Waals surface area contributed by atoms with Crippen LogP contribution in [0.4, 0.5) is 0 Å². The SMILES string of the molecule is CC(=O)N1CCC2(CC1)C[C@@H](NC1CCOCC1)c1ccccc1O2. The zero-order chi connectivity index (χ0) is 17.3. The zero-order valence-electron chi connectivity index (χ0n) is 15.0. The van der Waals surface area contributed by atoms with Crippen molar-refractivity contribution in [1.82, 2.24) is 10.2 Å². The van der Waals surface area contributed by atoms with Gasteiger partial charge in [-0.05, 0) is 18.9 Å². The quantitative estimate of drug-likeness (QED) is 0.896. The molecule has 1 spiro atoms. The van der Waals surface area contributed by atoms with Gasteiger partial charge in [-0.3, -0.25) is 4.79 Å². The van der Waals surface area contributed by atoms with E-state index in [2.05, 4.69) is 23.5 Å². The summed E-state index contributed by atoms with van der Waals surface area (Å²) >= 11 is 0. The van der Waals surface area contributed by atoms with Crippen LogP contribution in [-0.4, -0.2) is 48.8 Å². The Balaban J connectivity index is 1.53. The molecule has 0 unspecified atom stereocenters. The molecule has 1 amide bonds. The summed E-state index contributed by atoms with van der Waals surface area (Å²) in [5, 5.41) is 3.88. The fraction of sp³-hybridized carbons (Fsp3) is 0.650. The van der Waals surface area contributed by atoms with Crippen LogP contribution in [0.5, 0.6) is 5.75 Å². The van der Waals surface area contributed by atoms with Crippen LogP contribution in [0.15, 0.2) is 24.3 Å². The van der Waals surface area contributed by atoms with Crippen LogP contribution in [0.3, 0.4) is 0 Å². The first-order valence-electron chi connectivity index (χ1n) is 9.52. The highest BCUT2D eigenvalue weighted by Gasteiger charge is 2.44. The van der Waals surface area contributed by atoms with Crippen molar-refractivity contribution in [3.8, 4) is 5.75 Å². The van der Waals surface area contributed by atoms with Crippen LogP contribution in [0.1, 0.15) is 50.6 Å². The number of fused-ring (bicyclic) bond motifs is 1. The Morgan fingerprint density at radius 3 is 2.64 bits per heavy atom. The average Bonchev–Trinajstić information content (AvgIpc) is 2.63. The molecule has 1 aromatic carbocycles. The second-order valence-corrected chi connectivity index (χ2v) is 7.64. The molecule has 0 radical (unpaired) electrons. The first-order valence-corrected chi connectivity index (χ1v) is 9.52. The molecule has 5 heteroatoms. The fourth-order valence-electron chi connectivity index (χ4n) is 4.45. The number of benzene rings is 1. The molecule has 3 heterocycles. The number of carbonyl (C=O) groups is 1. The fourth-order valence-corrected chi connectivity index (χ4v) is 4.45. The van der Waals surface area contributed by atoms with Crippen LogP contribution >= 0.6 is 0 Å². The van der Waals surface area contributed by atoms with Crippen molar-refractivity contribution >= 4 is 5.91 Å². The maximum Gasteiger partial charge on any atom is 0.219 e. The number of para-hydroxylation sites is 1. The van der Waals surface area contributed by atoms with Gasteiger partial charge in [-0.15, -0.1) is 0 Å². The maximum atomic E-state index is 11.7. The van der Waals surface area contributed by atoms with Crippen LogP contribution in [-0.2, 0) is 9.53 Å². The molecule has 1 atom stereocenters. The molecule has 0 saturated carbocycles. The van der Waals surface area contributed by atoms with Gasteiger partial charge in [0.25, 0.3) is 0 Å². The molecule has 0 aromatic heterocycles. The van der Waals surface area contributed by atoms with Gasteiger partial charge in [-0.2, -0.15) is 0 Å². The summed E-state index contributed by atoms with van der Waals surface area (Å²) in [7, 11) is 0. The summed E-state index contributed by atoms with van der Waals surface area (Å²) in [5.41, 5.74) is 1.12. The number of hydrogen-bond acceptors (Lipinski definition) is 4. The molecule has 1 N–H and O–H groups in total. The Morgan fingerprint density at radius 1 is 1.20 bits per heavy atom. The van der Waals surface area contributed by atoms with E-state index in [0.717, 1.165) is 64.2 Å². The number of ether oxygens (including phenoxy) is 2. The van der Waals surface area contributed by atoms with Gasteiger partial charge in [0.15, 0.2) is 0 Å². The average molecular weight is 344 g/mol. The number of likely N-dealkylation sites (tertiary alicyclic amines) is 1. The molecule has 3 aliphatic rings. The third-order valence-electron chi connectivity index (χ3n) is 5.98. The Labute approximate surface area is 149 Å². The smallest absolute Gasteiger partial charge is 0.219 e. The molecule has 2 fully saturated rings. The summed E-state index contributed by atoms with van der Waals surface area (Å²) in [6.45, 7) is 4.94. The predicted octanol–water partition coefficient (Wildman–Crippen LogP) is 2.66. The molecular formula is C20H28N2O3. The highest BCUT2D eigenvalue weighted by atomic mass is 16.5. The minimum Gasteiger partial charge on any atom is -0.487 e. The van der Waals surface area contributed by atoms with Gasteiger partial charge in [0, 0.05) is 70.1 Å². The molecule has 0 bridgehead atoms. The Hall–Kier alpha value is -1.59. The molecule has 25 heavy (non-hydrogen) atoms. The van der Waals surface area contributed by atoms with Gasteiger partial charge >= 0.3 is 0 Å². The molecule has 1 aromatic rings. The van der Waals surface area contributed by atoms with Gasteiger partial charge in [0.05, 0.1) is 0 Å². The lowest BCUT2D eigenvalue weighted by Gasteiger charge is -2.47. The largest absolute Gasteiger partial charge is 0.487 e. The van der Waals surface area contributed by atoms with Crippen molar-refractivity contribution in [1.29, 1.82) is 0 Å². The standard InChI is InChI=1S/C20H28N2O3/c1-15(23)22-10-8-20(9-11-22)14-18(21-16-6-12-24-13-7-16)17-4-2-3-5-19(17)25-20/h2-5,16,18,21H,6-14H2,1H3/t18-/m1/s1. The number of nitrogens with zero attached hydrogens (tertiary/aromatic N) is 1. The van der Waals surface area contributed by atoms with Crippen LogP contribution in [0.25, 0.3) is 0 Å². The van der Waals surface area contributed by atoms with Gasteiger partial charge in [-0.25, -0.2) is 0 Å². The maximum absolute atomic E-state index is 11.7. The van der Waals surface area contributed by atoms with E-state index < -0.39 is 0 Å². The van der Waals surface area contributed by atoms with E-state index in [4.69, 9.17) is 9.47 Å². The Morgan fingerprint density at radius 2 is 1.92 bits per heavy atom. The van der Waals surface area contributed by atoms with E-state index in [9.17, 15) is 4.79 Å². The summed E-state index contributed by atoms with van der Waals surface area (Å²) in [6.07, 6.45) is 4.95. The van der Waals surface area contributed by atoms with Crippen LogP contribution in [0.2, 0.25) is 0 Å². The van der Waals surface area contributed by atoms with Crippen molar-refractivity contribution in [2.45, 2.75) is 56.7 Å². The Kier molecular flexibility index (Phi) is 4.69. The monoisotopic (exact) mass is 344 g/mol. The molecule has 4 rings (SSSR count). The van der Waals surface area contributed by atoms with Crippen LogP contribution in [0, 0.1) is 0 Å². The normalized spacial score (nSPS) is 26.1. The third-order valence-corrected chi connectivity index (χ3v) is 5.98. The first kappa shape index (κ1) is 16.9. The van der Waals surface area contributed by atoms with Crippen molar-refractivity contribution in [2.24, 2.45) is 0 Å². The lowest BCUT2D eigenvalue weighted by atomic mass is 9.80. The number of carbonyl (C=O) groups excluding carboxylic acids is 1. The molecular weight excluding hydrogens is 316 g/mol. The van der Waals surface area contributed by atoms with Crippen LogP contribution < -0.4 is 10.1 Å². The second-order valence-electron chi connectivity index (χ2n) is 7.64. The van der Waals surface area contributed by atoms with E-state index in [0.29, 0.717) is 12.1 Å². The summed E-state index contributed by atoms with van der Waals surface area (Å²) in [6, 6.07) is 9.25. The van der Waals surface area contributed by atoms with Crippen molar-refractivity contribution in [2.75, 3.05) is 26.3 Å². The topological polar surface area (TPSA) is 50.8 Å². The zero-order valence-corrected chi connectivity index (χ0v) is 15.0. The van der Waals surface area contributed by atoms with E-state index in [-0.39, 0.29) is 11.5 Å². The summed E-state index contributed by atoms with van der Waals surface area (Å²) in [5.74, 6) is 1.18. The van der Waals surface area contributed by atoms with E-state index in [1.807, 2.05) is 11.0 Å². The number of hydrogen-bond donors (Lipinski definition) is 1. The lowest BCUT2D eigenvalue weighted by Crippen LogP contribution is -2.53. The number of nitrogens with one attached hydrogen (secondary N) is 1. The third kappa shape index (κ3) is 3.53. The molecule has 0 aliphatic carbocycles. The van der Waals surface area contributed by atoms with Crippen molar-refractivity contribution in [3.63, 3.8) is 0 Å². The van der Waals surface area contributed by atoms with E-state index in [1.165, 1.54) is 5.56 Å². The first-order chi connectivity index (χ1) is 12.2. The summed E-state index contributed by atoms with van der Waals surface area (Å²) < 4.78 is 12.0. The highest BCUT2D eigenvalue weighted by Crippen LogP contribution is 2.44. The summed E-state index contributed by atoms with van der Waals surface area (Å²) in [4.78, 5) is 13.6.